The van der Waals surface area contributed by atoms with E-state index in [4.69, 9.17) is 11.6 Å². The van der Waals surface area contributed by atoms with Gasteiger partial charge in [-0.05, 0) is 12.5 Å². The molecule has 6 nitrogen and oxygen atoms in total. The third-order valence-electron chi connectivity index (χ3n) is 2.69. The number of thioether (sulfide) groups is 1. The number of halogens is 1. The van der Waals surface area contributed by atoms with Crippen LogP contribution in [0, 0.1) is 10.1 Å². The van der Waals surface area contributed by atoms with Crippen molar-refractivity contribution in [2.75, 3.05) is 11.6 Å². The van der Waals surface area contributed by atoms with Gasteiger partial charge in [0.15, 0.2) is 11.0 Å². The van der Waals surface area contributed by atoms with E-state index < -0.39 is 4.92 Å². The molecule has 0 N–H and O–H groups in total. The third kappa shape index (κ3) is 3.10. The molecule has 0 aliphatic carbocycles. The first-order chi connectivity index (χ1) is 9.65. The van der Waals surface area contributed by atoms with Crippen LogP contribution in [0.2, 0.25) is 0 Å². The fourth-order valence-electron chi connectivity index (χ4n) is 1.72. The summed E-state index contributed by atoms with van der Waals surface area (Å²) in [4.78, 5) is 10.6. The Morgan fingerprint density at radius 2 is 2.15 bits per heavy atom. The van der Waals surface area contributed by atoms with Crippen molar-refractivity contribution in [2.45, 2.75) is 11.6 Å². The molecule has 1 heterocycles. The minimum Gasteiger partial charge on any atom is -0.305 e. The number of alkyl halides is 1. The number of benzene rings is 1. The van der Waals surface area contributed by atoms with Crippen LogP contribution in [0.25, 0.3) is 11.4 Å². The standard InChI is InChI=1S/C12H13ClN4O2S/c1-16-11(14-15-12(16)20-8-4-7-13)9-5-2-3-6-10(9)17(18)19/h2-3,5-6H,4,7-8H2,1H3. The van der Waals surface area contributed by atoms with Crippen molar-refractivity contribution in [1.29, 1.82) is 0 Å². The van der Waals surface area contributed by atoms with Crippen molar-refractivity contribution in [3.8, 4) is 11.4 Å². The Morgan fingerprint density at radius 3 is 2.85 bits per heavy atom. The van der Waals surface area contributed by atoms with Crippen molar-refractivity contribution in [2.24, 2.45) is 7.05 Å². The average molecular weight is 313 g/mol. The van der Waals surface area contributed by atoms with Gasteiger partial charge in [-0.25, -0.2) is 0 Å². The minimum atomic E-state index is -0.412. The third-order valence-corrected chi connectivity index (χ3v) is 4.06. The van der Waals surface area contributed by atoms with Crippen molar-refractivity contribution in [3.63, 3.8) is 0 Å². The Morgan fingerprint density at radius 1 is 1.40 bits per heavy atom. The van der Waals surface area contributed by atoms with Gasteiger partial charge in [-0.1, -0.05) is 23.9 Å². The maximum absolute atomic E-state index is 11.1. The summed E-state index contributed by atoms with van der Waals surface area (Å²) in [5.41, 5.74) is 0.497. The highest BCUT2D eigenvalue weighted by Crippen LogP contribution is 2.29. The Kier molecular flexibility index (Phi) is 4.97. The lowest BCUT2D eigenvalue weighted by Crippen LogP contribution is -1.98. The van der Waals surface area contributed by atoms with E-state index in [-0.39, 0.29) is 5.69 Å². The van der Waals surface area contributed by atoms with Gasteiger partial charge in [-0.15, -0.1) is 21.8 Å². The monoisotopic (exact) mass is 312 g/mol. The van der Waals surface area contributed by atoms with Crippen LogP contribution in [-0.4, -0.2) is 31.3 Å². The second-order valence-electron chi connectivity index (χ2n) is 4.03. The number of nitrogens with zero attached hydrogens (tertiary/aromatic N) is 4. The lowest BCUT2D eigenvalue weighted by molar-refractivity contribution is -0.384. The Bertz CT molecular complexity index is 617. The molecule has 20 heavy (non-hydrogen) atoms. The van der Waals surface area contributed by atoms with E-state index in [1.807, 2.05) is 0 Å². The molecule has 8 heteroatoms. The number of para-hydroxylation sites is 1. The fourth-order valence-corrected chi connectivity index (χ4v) is 2.86. The Labute approximate surface area is 125 Å². The highest BCUT2D eigenvalue weighted by molar-refractivity contribution is 7.99. The van der Waals surface area contributed by atoms with Gasteiger partial charge in [0.05, 0.1) is 10.5 Å². The van der Waals surface area contributed by atoms with Gasteiger partial charge in [-0.3, -0.25) is 10.1 Å². The molecule has 0 aliphatic heterocycles. The summed E-state index contributed by atoms with van der Waals surface area (Å²) >= 11 is 7.17. The molecule has 1 aromatic heterocycles. The van der Waals surface area contributed by atoms with Crippen LogP contribution in [0.15, 0.2) is 29.4 Å². The van der Waals surface area contributed by atoms with Crippen molar-refractivity contribution in [3.05, 3.63) is 34.4 Å². The Hall–Kier alpha value is -1.60. The first-order valence-corrected chi connectivity index (χ1v) is 7.49. The average Bonchev–Trinajstić information content (AvgIpc) is 2.80. The second kappa shape index (κ2) is 6.71. The molecule has 0 saturated carbocycles. The molecule has 0 fully saturated rings. The summed E-state index contributed by atoms with van der Waals surface area (Å²) in [6.45, 7) is 0. The molecule has 0 radical (unpaired) electrons. The molecule has 0 aliphatic rings. The number of hydrogen-bond donors (Lipinski definition) is 0. The van der Waals surface area contributed by atoms with Gasteiger partial charge in [0.2, 0.25) is 0 Å². The summed E-state index contributed by atoms with van der Waals surface area (Å²) in [5, 5.41) is 19.9. The van der Waals surface area contributed by atoms with Crippen LogP contribution in [0.3, 0.4) is 0 Å². The van der Waals surface area contributed by atoms with Crippen LogP contribution in [0.5, 0.6) is 0 Å². The van der Waals surface area contributed by atoms with Crippen molar-refractivity contribution < 1.29 is 4.92 Å². The van der Waals surface area contributed by atoms with Gasteiger partial charge >= 0.3 is 0 Å². The normalized spacial score (nSPS) is 10.7. The molecule has 106 valence electrons. The summed E-state index contributed by atoms with van der Waals surface area (Å²) in [7, 11) is 1.80. The smallest absolute Gasteiger partial charge is 0.280 e. The van der Waals surface area contributed by atoms with Crippen LogP contribution >= 0.6 is 23.4 Å². The second-order valence-corrected chi connectivity index (χ2v) is 5.47. The fraction of sp³-hybridized carbons (Fsp3) is 0.333. The maximum atomic E-state index is 11.1. The molecule has 0 amide bonds. The van der Waals surface area contributed by atoms with Crippen LogP contribution in [-0.2, 0) is 7.05 Å². The van der Waals surface area contributed by atoms with Gasteiger partial charge < -0.3 is 4.57 Å². The number of rotatable bonds is 6. The van der Waals surface area contributed by atoms with Gasteiger partial charge in [-0.2, -0.15) is 0 Å². The first kappa shape index (κ1) is 14.8. The van der Waals surface area contributed by atoms with E-state index in [0.29, 0.717) is 17.3 Å². The van der Waals surface area contributed by atoms with E-state index >= 15 is 0 Å². The molecule has 0 spiro atoms. The predicted molar refractivity (Wildman–Crippen MR) is 79.2 cm³/mol. The van der Waals surface area contributed by atoms with E-state index in [2.05, 4.69) is 10.2 Å². The Balaban J connectivity index is 2.32. The molecule has 0 bridgehead atoms. The summed E-state index contributed by atoms with van der Waals surface area (Å²) in [5.74, 6) is 1.93. The van der Waals surface area contributed by atoms with E-state index in [9.17, 15) is 10.1 Å². The summed E-state index contributed by atoms with van der Waals surface area (Å²) < 4.78 is 1.77. The lowest BCUT2D eigenvalue weighted by atomic mass is 10.1. The molecule has 0 unspecified atom stereocenters. The molecular weight excluding hydrogens is 300 g/mol. The summed E-state index contributed by atoms with van der Waals surface area (Å²) in [6.07, 6.45) is 0.875. The van der Waals surface area contributed by atoms with Gasteiger partial charge in [0, 0.05) is 24.7 Å². The largest absolute Gasteiger partial charge is 0.305 e. The molecule has 0 atom stereocenters. The highest BCUT2D eigenvalue weighted by Gasteiger charge is 2.20. The summed E-state index contributed by atoms with van der Waals surface area (Å²) in [6, 6.07) is 6.52. The SMILES string of the molecule is Cn1c(SCCCCl)nnc1-c1ccccc1[N+](=O)[O-]. The van der Waals surface area contributed by atoms with Crippen molar-refractivity contribution >= 4 is 29.1 Å². The van der Waals surface area contributed by atoms with E-state index in [1.54, 1.807) is 29.8 Å². The van der Waals surface area contributed by atoms with E-state index in [1.165, 1.54) is 17.8 Å². The number of nitro groups is 1. The number of hydrogen-bond acceptors (Lipinski definition) is 5. The number of nitro benzene ring substituents is 1. The predicted octanol–water partition coefficient (Wildman–Crippen LogP) is 3.11. The molecule has 2 aromatic rings. The van der Waals surface area contributed by atoms with Crippen molar-refractivity contribution in [1.82, 2.24) is 14.8 Å². The first-order valence-electron chi connectivity index (χ1n) is 5.97. The highest BCUT2D eigenvalue weighted by atomic mass is 35.5. The van der Waals surface area contributed by atoms with Crippen LogP contribution < -0.4 is 0 Å². The molecule has 0 saturated heterocycles. The van der Waals surface area contributed by atoms with Crippen LogP contribution in [0.4, 0.5) is 5.69 Å². The minimum absolute atomic E-state index is 0.0281. The maximum Gasteiger partial charge on any atom is 0.280 e. The molecule has 1 aromatic carbocycles. The van der Waals surface area contributed by atoms with Gasteiger partial charge in [0.1, 0.15) is 0 Å². The molecule has 2 rings (SSSR count). The zero-order valence-corrected chi connectivity index (χ0v) is 12.4. The topological polar surface area (TPSA) is 73.8 Å². The number of aromatic nitrogens is 3. The van der Waals surface area contributed by atoms with E-state index in [0.717, 1.165) is 17.3 Å². The quantitative estimate of drug-likeness (QED) is 0.269. The van der Waals surface area contributed by atoms with Gasteiger partial charge in [0.25, 0.3) is 5.69 Å². The lowest BCUT2D eigenvalue weighted by Gasteiger charge is -2.04. The zero-order chi connectivity index (χ0) is 14.5. The van der Waals surface area contributed by atoms with Crippen LogP contribution in [0.1, 0.15) is 6.42 Å². The molecular formula is C12H13ClN4O2S. The zero-order valence-electron chi connectivity index (χ0n) is 10.8.